The van der Waals surface area contributed by atoms with Gasteiger partial charge in [0, 0.05) is 23.7 Å². The molecule has 0 radical (unpaired) electrons. The van der Waals surface area contributed by atoms with Crippen LogP contribution >= 0.6 is 11.6 Å². The lowest BCUT2D eigenvalue weighted by molar-refractivity contribution is 0.311. The molecule has 6 heteroatoms. The van der Waals surface area contributed by atoms with Crippen LogP contribution in [-0.4, -0.2) is 34.2 Å². The first-order valence-electron chi connectivity index (χ1n) is 7.27. The second kappa shape index (κ2) is 6.42. The zero-order valence-electron chi connectivity index (χ0n) is 12.0. The van der Waals surface area contributed by atoms with Gasteiger partial charge >= 0.3 is 0 Å². The normalized spacial score (nSPS) is 13.9. The van der Waals surface area contributed by atoms with Crippen molar-refractivity contribution in [3.63, 3.8) is 0 Å². The van der Waals surface area contributed by atoms with E-state index in [1.165, 1.54) is 0 Å². The van der Waals surface area contributed by atoms with Crippen LogP contribution in [0.15, 0.2) is 30.3 Å². The predicted molar refractivity (Wildman–Crippen MR) is 87.6 cm³/mol. The summed E-state index contributed by atoms with van der Waals surface area (Å²) in [5.74, 6) is 0.718. The Hall–Kier alpha value is -1.98. The zero-order chi connectivity index (χ0) is 15.5. The Morgan fingerprint density at radius 3 is 2.64 bits per heavy atom. The number of aliphatic hydroxyl groups is 1. The van der Waals surface area contributed by atoms with Gasteiger partial charge in [0.25, 0.3) is 0 Å². The highest BCUT2D eigenvalue weighted by atomic mass is 35.5. The van der Waals surface area contributed by atoms with Crippen molar-refractivity contribution < 1.29 is 5.11 Å². The Morgan fingerprint density at radius 2 is 2.00 bits per heavy atom. The minimum atomic E-state index is -0.0179. The summed E-state index contributed by atoms with van der Waals surface area (Å²) in [4.78, 5) is 0. The number of anilines is 1. The van der Waals surface area contributed by atoms with Gasteiger partial charge in [-0.15, -0.1) is 10.2 Å². The maximum absolute atomic E-state index is 8.98. The summed E-state index contributed by atoms with van der Waals surface area (Å²) in [6, 6.07) is 9.59. The fraction of sp³-hybridized carbons (Fsp3) is 0.312. The quantitative estimate of drug-likeness (QED) is 0.716. The number of aliphatic hydroxyl groups excluding tert-OH is 1. The standard InChI is InChI=1S/C16H17ClN4O/c17-13-12(14(18)10-6-7-10)16(19-8-9-22)21-20-15(13)11-4-2-1-3-5-11/h1-5,10,18,22H,6-9H2,(H,19,21). The Labute approximate surface area is 133 Å². The molecule has 1 aliphatic carbocycles. The molecule has 3 rings (SSSR count). The molecule has 0 bridgehead atoms. The number of benzene rings is 1. The van der Waals surface area contributed by atoms with Crippen LogP contribution in [0.3, 0.4) is 0 Å². The van der Waals surface area contributed by atoms with Crippen molar-refractivity contribution in [1.29, 1.82) is 5.41 Å². The molecule has 0 unspecified atom stereocenters. The van der Waals surface area contributed by atoms with Crippen molar-refractivity contribution in [1.82, 2.24) is 10.2 Å². The Bertz CT molecular complexity index is 686. The SMILES string of the molecule is N=C(c1c(NCCO)nnc(-c2ccccc2)c1Cl)C1CC1. The van der Waals surface area contributed by atoms with Crippen LogP contribution in [0, 0.1) is 11.3 Å². The molecule has 0 atom stereocenters. The molecule has 22 heavy (non-hydrogen) atoms. The van der Waals surface area contributed by atoms with E-state index in [9.17, 15) is 0 Å². The van der Waals surface area contributed by atoms with Gasteiger partial charge in [-0.3, -0.25) is 0 Å². The second-order valence-corrected chi connectivity index (χ2v) is 5.67. The van der Waals surface area contributed by atoms with Gasteiger partial charge in [-0.2, -0.15) is 0 Å². The fourth-order valence-electron chi connectivity index (χ4n) is 2.32. The Balaban J connectivity index is 2.07. The molecule has 0 spiro atoms. The van der Waals surface area contributed by atoms with E-state index in [0.717, 1.165) is 18.4 Å². The van der Waals surface area contributed by atoms with Gasteiger partial charge < -0.3 is 15.8 Å². The topological polar surface area (TPSA) is 81.9 Å². The van der Waals surface area contributed by atoms with E-state index in [-0.39, 0.29) is 12.5 Å². The maximum Gasteiger partial charge on any atom is 0.159 e. The molecule has 5 nitrogen and oxygen atoms in total. The average Bonchev–Trinajstić information content (AvgIpc) is 3.38. The molecule has 0 amide bonds. The molecule has 0 saturated heterocycles. The van der Waals surface area contributed by atoms with Gasteiger partial charge in [0.05, 0.1) is 17.2 Å². The number of halogens is 1. The van der Waals surface area contributed by atoms with Gasteiger partial charge in [0.15, 0.2) is 5.82 Å². The third-order valence-corrected chi connectivity index (χ3v) is 3.99. The summed E-state index contributed by atoms with van der Waals surface area (Å²) in [6.45, 7) is 0.330. The second-order valence-electron chi connectivity index (χ2n) is 5.29. The van der Waals surface area contributed by atoms with Crippen molar-refractivity contribution in [2.75, 3.05) is 18.5 Å². The van der Waals surface area contributed by atoms with Crippen LogP contribution < -0.4 is 5.32 Å². The first-order chi connectivity index (χ1) is 10.7. The maximum atomic E-state index is 8.98. The number of hydrogen-bond acceptors (Lipinski definition) is 5. The molecular weight excluding hydrogens is 300 g/mol. The van der Waals surface area contributed by atoms with Crippen LogP contribution in [0.5, 0.6) is 0 Å². The average molecular weight is 317 g/mol. The first-order valence-corrected chi connectivity index (χ1v) is 7.65. The van der Waals surface area contributed by atoms with E-state index in [0.29, 0.717) is 34.4 Å². The van der Waals surface area contributed by atoms with Crippen LogP contribution in [0.25, 0.3) is 11.3 Å². The molecule has 1 saturated carbocycles. The molecule has 1 heterocycles. The minimum Gasteiger partial charge on any atom is -0.395 e. The largest absolute Gasteiger partial charge is 0.395 e. The van der Waals surface area contributed by atoms with Crippen LogP contribution in [0.1, 0.15) is 18.4 Å². The van der Waals surface area contributed by atoms with E-state index in [4.69, 9.17) is 22.1 Å². The molecule has 114 valence electrons. The molecule has 1 fully saturated rings. The van der Waals surface area contributed by atoms with Gasteiger partial charge in [0.2, 0.25) is 0 Å². The summed E-state index contributed by atoms with van der Waals surface area (Å²) in [5.41, 5.74) is 2.56. The first kappa shape index (κ1) is 14.9. The molecule has 1 aromatic carbocycles. The van der Waals surface area contributed by atoms with Gasteiger partial charge in [0.1, 0.15) is 5.69 Å². The summed E-state index contributed by atoms with van der Waals surface area (Å²) >= 11 is 6.55. The van der Waals surface area contributed by atoms with Crippen molar-refractivity contribution in [2.45, 2.75) is 12.8 Å². The molecule has 1 aliphatic rings. The highest BCUT2D eigenvalue weighted by Crippen LogP contribution is 2.39. The lowest BCUT2D eigenvalue weighted by Crippen LogP contribution is -2.15. The van der Waals surface area contributed by atoms with Gasteiger partial charge in [-0.1, -0.05) is 41.9 Å². The van der Waals surface area contributed by atoms with Crippen LogP contribution in [0.4, 0.5) is 5.82 Å². The van der Waals surface area contributed by atoms with E-state index in [2.05, 4.69) is 15.5 Å². The molecule has 0 aliphatic heterocycles. The third kappa shape index (κ3) is 2.96. The number of aromatic nitrogens is 2. The van der Waals surface area contributed by atoms with E-state index in [1.54, 1.807) is 0 Å². The Morgan fingerprint density at radius 1 is 1.27 bits per heavy atom. The molecular formula is C16H17ClN4O. The molecule has 3 N–H and O–H groups in total. The molecule has 1 aromatic heterocycles. The lowest BCUT2D eigenvalue weighted by Gasteiger charge is -2.14. The fourth-order valence-corrected chi connectivity index (χ4v) is 2.65. The van der Waals surface area contributed by atoms with E-state index < -0.39 is 0 Å². The summed E-state index contributed by atoms with van der Waals surface area (Å²) in [6.07, 6.45) is 2.02. The summed E-state index contributed by atoms with van der Waals surface area (Å²) in [7, 11) is 0. The number of nitrogens with one attached hydrogen (secondary N) is 2. The smallest absolute Gasteiger partial charge is 0.159 e. The third-order valence-electron chi connectivity index (χ3n) is 3.62. The number of rotatable bonds is 6. The van der Waals surface area contributed by atoms with Crippen LogP contribution in [0.2, 0.25) is 5.02 Å². The highest BCUT2D eigenvalue weighted by molar-refractivity contribution is 6.37. The highest BCUT2D eigenvalue weighted by Gasteiger charge is 2.31. The van der Waals surface area contributed by atoms with Gasteiger partial charge in [-0.25, -0.2) is 0 Å². The minimum absolute atomic E-state index is 0.0179. The van der Waals surface area contributed by atoms with E-state index >= 15 is 0 Å². The Kier molecular flexibility index (Phi) is 4.36. The monoisotopic (exact) mass is 316 g/mol. The number of hydrogen-bond donors (Lipinski definition) is 3. The summed E-state index contributed by atoms with van der Waals surface area (Å²) in [5, 5.41) is 29.2. The number of nitrogens with zero attached hydrogens (tertiary/aromatic N) is 2. The van der Waals surface area contributed by atoms with Crippen molar-refractivity contribution in [2.24, 2.45) is 5.92 Å². The van der Waals surface area contributed by atoms with Crippen molar-refractivity contribution >= 4 is 23.1 Å². The lowest BCUT2D eigenvalue weighted by atomic mass is 10.0. The van der Waals surface area contributed by atoms with Gasteiger partial charge in [-0.05, 0) is 12.8 Å². The zero-order valence-corrected chi connectivity index (χ0v) is 12.8. The van der Waals surface area contributed by atoms with Crippen molar-refractivity contribution in [3.8, 4) is 11.3 Å². The summed E-state index contributed by atoms with van der Waals surface area (Å²) < 4.78 is 0. The molecule has 2 aromatic rings. The predicted octanol–water partition coefficient (Wildman–Crippen LogP) is 2.98. The van der Waals surface area contributed by atoms with E-state index in [1.807, 2.05) is 30.3 Å². The van der Waals surface area contributed by atoms with Crippen LogP contribution in [-0.2, 0) is 0 Å². The van der Waals surface area contributed by atoms with Crippen molar-refractivity contribution in [3.05, 3.63) is 40.9 Å².